The van der Waals surface area contributed by atoms with Gasteiger partial charge in [-0.25, -0.2) is 4.68 Å². The van der Waals surface area contributed by atoms with Crippen molar-refractivity contribution < 1.29 is 14.6 Å². The second kappa shape index (κ2) is 4.76. The minimum absolute atomic E-state index is 0.365. The summed E-state index contributed by atoms with van der Waals surface area (Å²) in [4.78, 5) is 11.8. The Kier molecular flexibility index (Phi) is 2.99. The summed E-state index contributed by atoms with van der Waals surface area (Å²) in [5.74, 6) is 2.05. The van der Waals surface area contributed by atoms with E-state index in [0.717, 1.165) is 17.7 Å². The molecule has 3 aliphatic rings. The molecule has 2 atom stereocenters. The molecule has 1 aromatic rings. The van der Waals surface area contributed by atoms with Crippen LogP contribution in [0.25, 0.3) is 0 Å². The van der Waals surface area contributed by atoms with Crippen LogP contribution in [0.5, 0.6) is 0 Å². The van der Waals surface area contributed by atoms with Gasteiger partial charge in [-0.15, -0.1) is 5.10 Å². The maximum atomic E-state index is 11.8. The van der Waals surface area contributed by atoms with Crippen LogP contribution in [0.2, 0.25) is 0 Å². The first-order valence-electron chi connectivity index (χ1n) is 7.78. The van der Waals surface area contributed by atoms with Crippen molar-refractivity contribution in [2.75, 3.05) is 13.2 Å². The molecule has 3 fully saturated rings. The largest absolute Gasteiger partial charge is 0.481 e. The molecule has 2 heterocycles. The lowest BCUT2D eigenvalue weighted by molar-refractivity contribution is -0.156. The fourth-order valence-electron chi connectivity index (χ4n) is 4.26. The fraction of sp³-hybridized carbons (Fsp3) is 0.857. The van der Waals surface area contributed by atoms with Crippen LogP contribution in [-0.2, 0) is 16.1 Å². The Morgan fingerprint density at radius 1 is 1.33 bits per heavy atom. The van der Waals surface area contributed by atoms with Gasteiger partial charge >= 0.3 is 5.97 Å². The third kappa shape index (κ3) is 2.06. The number of carbonyl (C=O) groups is 1. The number of aliphatic carboxylic acids is 1. The molecule has 1 N–H and O–H groups in total. The van der Waals surface area contributed by atoms with Crippen molar-refractivity contribution in [2.45, 2.75) is 44.6 Å². The summed E-state index contributed by atoms with van der Waals surface area (Å²) in [6.07, 6.45) is 4.89. The minimum atomic E-state index is -0.785. The number of ether oxygens (including phenoxy) is 1. The quantitative estimate of drug-likeness (QED) is 0.892. The van der Waals surface area contributed by atoms with E-state index < -0.39 is 11.4 Å². The minimum Gasteiger partial charge on any atom is -0.481 e. The first-order chi connectivity index (χ1) is 10.2. The monoisotopic (exact) mass is 292 g/mol. The molecule has 2 aliphatic carbocycles. The first kappa shape index (κ1) is 13.2. The van der Waals surface area contributed by atoms with Crippen molar-refractivity contribution in [1.82, 2.24) is 20.2 Å². The lowest BCUT2D eigenvalue weighted by atomic mass is 9.80. The molecular formula is C14H20N4O3. The molecule has 21 heavy (non-hydrogen) atoms. The second-order valence-corrected chi connectivity index (χ2v) is 6.68. The maximum absolute atomic E-state index is 11.8. The van der Waals surface area contributed by atoms with Crippen molar-refractivity contribution >= 4 is 5.97 Å². The van der Waals surface area contributed by atoms with Gasteiger partial charge < -0.3 is 9.84 Å². The molecule has 0 aromatic carbocycles. The number of aromatic nitrogens is 4. The Morgan fingerprint density at radius 2 is 2.05 bits per heavy atom. The van der Waals surface area contributed by atoms with Crippen LogP contribution < -0.4 is 0 Å². The number of nitrogens with zero attached hydrogens (tertiary/aromatic N) is 4. The Labute approximate surface area is 122 Å². The number of hydrogen-bond acceptors (Lipinski definition) is 5. The summed E-state index contributed by atoms with van der Waals surface area (Å²) in [6.45, 7) is 1.36. The van der Waals surface area contributed by atoms with Crippen LogP contribution in [-0.4, -0.2) is 44.5 Å². The van der Waals surface area contributed by atoms with Crippen molar-refractivity contribution in [3.63, 3.8) is 0 Å². The molecule has 7 heteroatoms. The van der Waals surface area contributed by atoms with Gasteiger partial charge in [-0.3, -0.25) is 4.79 Å². The van der Waals surface area contributed by atoms with Gasteiger partial charge in [-0.2, -0.15) is 0 Å². The molecular weight excluding hydrogens is 272 g/mol. The topological polar surface area (TPSA) is 90.1 Å². The number of tetrazole rings is 1. The van der Waals surface area contributed by atoms with E-state index >= 15 is 0 Å². The van der Waals surface area contributed by atoms with Crippen molar-refractivity contribution in [1.29, 1.82) is 0 Å². The molecule has 0 spiro atoms. The zero-order chi connectivity index (χ0) is 14.4. The van der Waals surface area contributed by atoms with Gasteiger partial charge in [0.25, 0.3) is 0 Å². The molecule has 0 amide bonds. The first-order valence-corrected chi connectivity index (χ1v) is 7.78. The summed E-state index contributed by atoms with van der Waals surface area (Å²) in [5.41, 5.74) is -0.785. The SMILES string of the molecule is O=C(O)C1(Cn2nnnc2C2C3CCCC32)CCOCC1. The summed E-state index contributed by atoms with van der Waals surface area (Å²) in [5, 5.41) is 21.7. The van der Waals surface area contributed by atoms with Crippen LogP contribution in [0.1, 0.15) is 43.8 Å². The van der Waals surface area contributed by atoms with E-state index in [-0.39, 0.29) is 0 Å². The predicted octanol–water partition coefficient (Wildman–Crippen LogP) is 1.07. The Morgan fingerprint density at radius 3 is 2.71 bits per heavy atom. The molecule has 2 saturated carbocycles. The van der Waals surface area contributed by atoms with Gasteiger partial charge in [0.1, 0.15) is 0 Å². The predicted molar refractivity (Wildman–Crippen MR) is 71.5 cm³/mol. The molecule has 1 aromatic heterocycles. The fourth-order valence-corrected chi connectivity index (χ4v) is 4.26. The maximum Gasteiger partial charge on any atom is 0.311 e. The molecule has 1 aliphatic heterocycles. The van der Waals surface area contributed by atoms with Gasteiger partial charge in [-0.05, 0) is 47.9 Å². The summed E-state index contributed by atoms with van der Waals surface area (Å²) in [6, 6.07) is 0. The number of carboxylic acids is 1. The Balaban J connectivity index is 1.57. The third-order valence-corrected chi connectivity index (χ3v) is 5.62. The number of fused-ring (bicyclic) bond motifs is 1. The van der Waals surface area contributed by atoms with Crippen LogP contribution in [0, 0.1) is 17.3 Å². The number of rotatable bonds is 4. The van der Waals surface area contributed by atoms with E-state index in [4.69, 9.17) is 4.74 Å². The molecule has 114 valence electrons. The van der Waals surface area contributed by atoms with E-state index in [0.29, 0.717) is 38.5 Å². The smallest absolute Gasteiger partial charge is 0.311 e. The molecule has 0 radical (unpaired) electrons. The van der Waals surface area contributed by atoms with E-state index in [2.05, 4.69) is 15.5 Å². The van der Waals surface area contributed by atoms with Crippen molar-refractivity contribution in [3.05, 3.63) is 5.82 Å². The lowest BCUT2D eigenvalue weighted by Crippen LogP contribution is -2.41. The molecule has 4 rings (SSSR count). The second-order valence-electron chi connectivity index (χ2n) is 6.68. The molecule has 7 nitrogen and oxygen atoms in total. The highest BCUT2D eigenvalue weighted by molar-refractivity contribution is 5.74. The average molecular weight is 292 g/mol. The third-order valence-electron chi connectivity index (χ3n) is 5.62. The molecule has 0 bridgehead atoms. The van der Waals surface area contributed by atoms with Gasteiger partial charge in [-0.1, -0.05) is 6.42 Å². The average Bonchev–Trinajstić information content (AvgIpc) is 2.86. The van der Waals surface area contributed by atoms with Crippen LogP contribution in [0.3, 0.4) is 0 Å². The van der Waals surface area contributed by atoms with Crippen LogP contribution in [0.15, 0.2) is 0 Å². The van der Waals surface area contributed by atoms with E-state index in [9.17, 15) is 9.90 Å². The molecule has 1 saturated heterocycles. The lowest BCUT2D eigenvalue weighted by Gasteiger charge is -2.32. The summed E-state index contributed by atoms with van der Waals surface area (Å²) >= 11 is 0. The number of hydrogen-bond donors (Lipinski definition) is 1. The Bertz CT molecular complexity index is 542. The highest BCUT2D eigenvalue weighted by atomic mass is 16.5. The van der Waals surface area contributed by atoms with Crippen LogP contribution in [0.4, 0.5) is 0 Å². The van der Waals surface area contributed by atoms with Gasteiger partial charge in [0.05, 0.1) is 12.0 Å². The normalized spacial score (nSPS) is 33.6. The zero-order valence-electron chi connectivity index (χ0n) is 11.9. The highest BCUT2D eigenvalue weighted by Crippen LogP contribution is 2.62. The van der Waals surface area contributed by atoms with E-state index in [1.807, 2.05) is 0 Å². The Hall–Kier alpha value is -1.50. The summed E-state index contributed by atoms with van der Waals surface area (Å²) in [7, 11) is 0. The number of carboxylic acid groups (broad SMARTS) is 1. The van der Waals surface area contributed by atoms with Gasteiger partial charge in [0.15, 0.2) is 5.82 Å². The standard InChI is InChI=1S/C14H20N4O3/c19-13(20)14(4-6-21-7-5-14)8-18-12(15-16-17-18)11-9-2-1-3-10(9)11/h9-11H,1-8H2,(H,19,20). The molecule has 2 unspecified atom stereocenters. The van der Waals surface area contributed by atoms with Gasteiger partial charge in [0.2, 0.25) is 0 Å². The van der Waals surface area contributed by atoms with E-state index in [1.54, 1.807) is 4.68 Å². The van der Waals surface area contributed by atoms with Crippen LogP contribution >= 0.6 is 0 Å². The summed E-state index contributed by atoms with van der Waals surface area (Å²) < 4.78 is 7.07. The van der Waals surface area contributed by atoms with Crippen molar-refractivity contribution in [3.8, 4) is 0 Å². The highest BCUT2D eigenvalue weighted by Gasteiger charge is 2.56. The van der Waals surface area contributed by atoms with E-state index in [1.165, 1.54) is 19.3 Å². The van der Waals surface area contributed by atoms with Gasteiger partial charge in [0, 0.05) is 19.1 Å². The zero-order valence-corrected chi connectivity index (χ0v) is 11.9. The van der Waals surface area contributed by atoms with Crippen molar-refractivity contribution in [2.24, 2.45) is 17.3 Å².